The molecule has 0 spiro atoms. The predicted octanol–water partition coefficient (Wildman–Crippen LogP) is 1.06. The van der Waals surface area contributed by atoms with Crippen LogP contribution in [-0.4, -0.2) is 22.3 Å². The lowest BCUT2D eigenvalue weighted by atomic mass is 10.1. The molecule has 1 aromatic rings. The SMILES string of the molecule is CC(=O)c1ccc(C[NH][Al])cc1. The first-order valence-electron chi connectivity index (χ1n) is 3.77. The average Bonchev–Trinajstić information content (AvgIpc) is 2.06. The highest BCUT2D eigenvalue weighted by Gasteiger charge is 1.97. The van der Waals surface area contributed by atoms with Crippen molar-refractivity contribution in [3.8, 4) is 0 Å². The van der Waals surface area contributed by atoms with Gasteiger partial charge in [0.15, 0.2) is 5.78 Å². The Hall–Kier alpha value is -0.618. The molecule has 0 heterocycles. The Morgan fingerprint density at radius 2 is 2.00 bits per heavy atom. The second kappa shape index (κ2) is 4.42. The maximum absolute atomic E-state index is 10.9. The Morgan fingerprint density at radius 1 is 1.42 bits per heavy atom. The van der Waals surface area contributed by atoms with E-state index in [9.17, 15) is 4.79 Å². The topological polar surface area (TPSA) is 29.1 Å². The fourth-order valence-electron chi connectivity index (χ4n) is 0.975. The van der Waals surface area contributed by atoms with E-state index in [1.54, 1.807) is 6.92 Å². The van der Waals surface area contributed by atoms with E-state index in [0.717, 1.165) is 12.1 Å². The van der Waals surface area contributed by atoms with Crippen LogP contribution in [0.15, 0.2) is 24.3 Å². The third-order valence-electron chi connectivity index (χ3n) is 1.67. The van der Waals surface area contributed by atoms with Crippen LogP contribution in [0.5, 0.6) is 0 Å². The van der Waals surface area contributed by atoms with Crippen molar-refractivity contribution >= 4 is 22.3 Å². The van der Waals surface area contributed by atoms with Crippen molar-refractivity contribution < 1.29 is 4.79 Å². The van der Waals surface area contributed by atoms with Gasteiger partial charge in [-0.05, 0) is 12.5 Å². The van der Waals surface area contributed by atoms with E-state index in [4.69, 9.17) is 0 Å². The fraction of sp³-hybridized carbons (Fsp3) is 0.222. The summed E-state index contributed by atoms with van der Waals surface area (Å²) in [7, 11) is 0. The molecule has 0 aliphatic carbocycles. The molecule has 0 saturated heterocycles. The summed E-state index contributed by atoms with van der Waals surface area (Å²) in [5.74, 6) is 0.111. The number of carbonyl (C=O) groups excluding carboxylic acids is 1. The molecule has 0 saturated carbocycles. The normalized spacial score (nSPS) is 9.75. The zero-order valence-electron chi connectivity index (χ0n) is 7.00. The Kier molecular flexibility index (Phi) is 3.49. The predicted molar refractivity (Wildman–Crippen MR) is 49.0 cm³/mol. The smallest absolute Gasteiger partial charge is 0.251 e. The number of benzene rings is 1. The van der Waals surface area contributed by atoms with Gasteiger partial charge in [0, 0.05) is 12.1 Å². The molecule has 12 heavy (non-hydrogen) atoms. The standard InChI is InChI=1S/C9H10NO.Al/c1-7(11)9-4-2-8(6-10)3-5-9;/h2-5,10H,6H2,1H3;/q-1;+1. The largest absolute Gasteiger partial charge is 0.412 e. The highest BCUT2D eigenvalue weighted by Crippen LogP contribution is 2.04. The molecular formula is C9H10AlNO. The van der Waals surface area contributed by atoms with Crippen LogP contribution in [0, 0.1) is 0 Å². The van der Waals surface area contributed by atoms with E-state index in [2.05, 4.69) is 20.8 Å². The molecule has 0 aliphatic heterocycles. The van der Waals surface area contributed by atoms with Crippen LogP contribution in [0.2, 0.25) is 0 Å². The van der Waals surface area contributed by atoms with Gasteiger partial charge in [-0.15, -0.1) is 0 Å². The van der Waals surface area contributed by atoms with Gasteiger partial charge in [-0.25, -0.2) is 0 Å². The van der Waals surface area contributed by atoms with Crippen molar-refractivity contribution in [1.82, 2.24) is 4.30 Å². The monoisotopic (exact) mass is 175 g/mol. The first-order chi connectivity index (χ1) is 5.74. The molecule has 0 atom stereocenters. The van der Waals surface area contributed by atoms with Gasteiger partial charge in [0.2, 0.25) is 0 Å². The van der Waals surface area contributed by atoms with Crippen LogP contribution >= 0.6 is 0 Å². The minimum atomic E-state index is 0.111. The zero-order valence-corrected chi connectivity index (χ0v) is 8.16. The molecule has 0 bridgehead atoms. The van der Waals surface area contributed by atoms with Crippen molar-refractivity contribution in [3.05, 3.63) is 35.4 Å². The average molecular weight is 175 g/mol. The van der Waals surface area contributed by atoms with E-state index in [0.29, 0.717) is 0 Å². The minimum Gasteiger partial charge on any atom is -0.412 e. The lowest BCUT2D eigenvalue weighted by Crippen LogP contribution is -2.07. The Balaban J connectivity index is 2.78. The highest BCUT2D eigenvalue weighted by atomic mass is 27.1. The third-order valence-corrected chi connectivity index (χ3v) is 1.87. The molecule has 3 heteroatoms. The summed E-state index contributed by atoms with van der Waals surface area (Å²) in [6, 6.07) is 7.60. The molecule has 0 aliphatic rings. The number of hydrogen-bond donors (Lipinski definition) is 1. The molecule has 1 aromatic carbocycles. The summed E-state index contributed by atoms with van der Waals surface area (Å²) in [6.07, 6.45) is 0. The summed E-state index contributed by atoms with van der Waals surface area (Å²) >= 11 is 2.44. The molecule has 1 N–H and O–H groups in total. The summed E-state index contributed by atoms with van der Waals surface area (Å²) in [5, 5.41) is 0. The molecular weight excluding hydrogens is 165 g/mol. The fourth-order valence-corrected chi connectivity index (χ4v) is 1.21. The molecule has 0 fully saturated rings. The van der Waals surface area contributed by atoms with Gasteiger partial charge in [-0.1, -0.05) is 24.3 Å². The van der Waals surface area contributed by atoms with Gasteiger partial charge in [0.05, 0.1) is 0 Å². The van der Waals surface area contributed by atoms with Gasteiger partial charge in [-0.3, -0.25) is 4.79 Å². The Morgan fingerprint density at radius 3 is 2.42 bits per heavy atom. The van der Waals surface area contributed by atoms with Crippen molar-refractivity contribution in [2.24, 2.45) is 0 Å². The van der Waals surface area contributed by atoms with Crippen molar-refractivity contribution in [1.29, 1.82) is 0 Å². The maximum Gasteiger partial charge on any atom is 0.251 e. The maximum atomic E-state index is 10.9. The van der Waals surface area contributed by atoms with Gasteiger partial charge in [-0.2, -0.15) is 0 Å². The summed E-state index contributed by atoms with van der Waals surface area (Å²) < 4.78 is 2.96. The number of nitrogens with one attached hydrogen (secondary N) is 1. The van der Waals surface area contributed by atoms with Crippen LogP contribution in [0.1, 0.15) is 22.8 Å². The molecule has 2 nitrogen and oxygen atoms in total. The summed E-state index contributed by atoms with van der Waals surface area (Å²) in [5.41, 5.74) is 1.94. The van der Waals surface area contributed by atoms with Crippen LogP contribution in [-0.2, 0) is 6.54 Å². The number of ketones is 1. The number of carbonyl (C=O) groups is 1. The van der Waals surface area contributed by atoms with Crippen LogP contribution < -0.4 is 4.30 Å². The first kappa shape index (κ1) is 9.47. The Bertz CT molecular complexity index is 268. The molecule has 0 aromatic heterocycles. The van der Waals surface area contributed by atoms with Crippen molar-refractivity contribution in [3.63, 3.8) is 0 Å². The number of rotatable bonds is 3. The van der Waals surface area contributed by atoms with Crippen molar-refractivity contribution in [2.45, 2.75) is 13.5 Å². The van der Waals surface area contributed by atoms with E-state index < -0.39 is 0 Å². The first-order valence-corrected chi connectivity index (χ1v) is 4.35. The highest BCUT2D eigenvalue weighted by molar-refractivity contribution is 6.04. The van der Waals surface area contributed by atoms with E-state index in [1.165, 1.54) is 5.56 Å². The quantitative estimate of drug-likeness (QED) is 0.549. The van der Waals surface area contributed by atoms with E-state index in [1.807, 2.05) is 24.3 Å². The molecule has 0 amide bonds. The van der Waals surface area contributed by atoms with Crippen LogP contribution in [0.3, 0.4) is 0 Å². The van der Waals surface area contributed by atoms with Gasteiger partial charge >= 0.3 is 0 Å². The lowest BCUT2D eigenvalue weighted by molar-refractivity contribution is 0.101. The van der Waals surface area contributed by atoms with E-state index >= 15 is 0 Å². The van der Waals surface area contributed by atoms with Gasteiger partial charge < -0.3 is 4.30 Å². The molecule has 0 unspecified atom stereocenters. The van der Waals surface area contributed by atoms with Crippen LogP contribution in [0.4, 0.5) is 0 Å². The summed E-state index contributed by atoms with van der Waals surface area (Å²) in [6.45, 7) is 2.38. The Labute approximate surface area is 80.6 Å². The lowest BCUT2D eigenvalue weighted by Gasteiger charge is -2.00. The van der Waals surface area contributed by atoms with E-state index in [-0.39, 0.29) is 5.78 Å². The van der Waals surface area contributed by atoms with Gasteiger partial charge in [0.1, 0.15) is 0 Å². The minimum absolute atomic E-state index is 0.111. The molecule has 1 rings (SSSR count). The number of Topliss-reactive ketones (excluding diaryl/α,β-unsaturated/α-hetero) is 1. The van der Waals surface area contributed by atoms with Crippen LogP contribution in [0.25, 0.3) is 0 Å². The second-order valence-electron chi connectivity index (χ2n) is 2.63. The second-order valence-corrected chi connectivity index (χ2v) is 3.04. The molecule has 2 radical (unpaired) electrons. The number of hydrogen-bond acceptors (Lipinski definition) is 2. The summed E-state index contributed by atoms with van der Waals surface area (Å²) in [4.78, 5) is 10.9. The third kappa shape index (κ3) is 2.46. The zero-order chi connectivity index (χ0) is 8.97. The van der Waals surface area contributed by atoms with Crippen molar-refractivity contribution in [2.75, 3.05) is 0 Å². The van der Waals surface area contributed by atoms with Gasteiger partial charge in [0.25, 0.3) is 16.5 Å². The molecule has 60 valence electrons.